The molecule has 2 rings (SSSR count). The molecular formula is C18H20ClNO3. The molecule has 23 heavy (non-hydrogen) atoms. The van der Waals surface area contributed by atoms with Gasteiger partial charge in [-0.25, -0.2) is 4.79 Å². The van der Waals surface area contributed by atoms with E-state index in [1.807, 2.05) is 31.2 Å². The summed E-state index contributed by atoms with van der Waals surface area (Å²) >= 11 is 6.01. The number of ether oxygens (including phenoxy) is 2. The van der Waals surface area contributed by atoms with Gasteiger partial charge in [-0.15, -0.1) is 0 Å². The number of likely N-dealkylation sites (N-methyl/N-ethyl adjacent to an activating group) is 1. The zero-order valence-electron chi connectivity index (χ0n) is 13.3. The first-order valence-electron chi connectivity index (χ1n) is 7.45. The van der Waals surface area contributed by atoms with E-state index in [0.717, 1.165) is 12.2 Å². The van der Waals surface area contributed by atoms with Crippen LogP contribution in [0.1, 0.15) is 17.3 Å². The number of carbonyl (C=O) groups is 1. The van der Waals surface area contributed by atoms with Gasteiger partial charge in [0, 0.05) is 17.3 Å². The summed E-state index contributed by atoms with van der Waals surface area (Å²) in [5, 5.41) is 0.691. The van der Waals surface area contributed by atoms with Crippen molar-refractivity contribution in [3.8, 4) is 5.75 Å². The fourth-order valence-electron chi connectivity index (χ4n) is 2.20. The molecular weight excluding hydrogens is 314 g/mol. The third-order valence-electron chi connectivity index (χ3n) is 3.48. The van der Waals surface area contributed by atoms with Gasteiger partial charge in [0.25, 0.3) is 0 Å². The van der Waals surface area contributed by atoms with Crippen LogP contribution in [0.25, 0.3) is 0 Å². The van der Waals surface area contributed by atoms with Crippen LogP contribution in [0.2, 0.25) is 5.02 Å². The molecule has 0 saturated heterocycles. The zero-order valence-corrected chi connectivity index (χ0v) is 14.0. The average Bonchev–Trinajstić information content (AvgIpc) is 2.58. The van der Waals surface area contributed by atoms with Crippen molar-refractivity contribution in [2.45, 2.75) is 6.92 Å². The predicted molar refractivity (Wildman–Crippen MR) is 92.6 cm³/mol. The topological polar surface area (TPSA) is 38.8 Å². The van der Waals surface area contributed by atoms with Crippen LogP contribution >= 0.6 is 11.6 Å². The lowest BCUT2D eigenvalue weighted by Gasteiger charge is -2.23. The Morgan fingerprint density at radius 1 is 1.17 bits per heavy atom. The number of carbonyl (C=O) groups excluding carboxylic acids is 1. The highest BCUT2D eigenvalue weighted by atomic mass is 35.5. The molecule has 0 spiro atoms. The molecule has 0 fully saturated rings. The summed E-state index contributed by atoms with van der Waals surface area (Å²) in [4.78, 5) is 14.1. The molecule has 0 radical (unpaired) electrons. The van der Waals surface area contributed by atoms with Crippen molar-refractivity contribution in [2.75, 3.05) is 31.7 Å². The minimum Gasteiger partial charge on any atom is -0.497 e. The van der Waals surface area contributed by atoms with Gasteiger partial charge in [0.15, 0.2) is 0 Å². The van der Waals surface area contributed by atoms with E-state index in [2.05, 4.69) is 4.90 Å². The van der Waals surface area contributed by atoms with Crippen LogP contribution in [0.5, 0.6) is 5.75 Å². The summed E-state index contributed by atoms with van der Waals surface area (Å²) < 4.78 is 10.4. The molecule has 0 unspecified atom stereocenters. The second-order valence-electron chi connectivity index (χ2n) is 4.92. The fourth-order valence-corrected chi connectivity index (χ4v) is 2.39. The van der Waals surface area contributed by atoms with Gasteiger partial charge in [-0.1, -0.05) is 17.7 Å². The van der Waals surface area contributed by atoms with Gasteiger partial charge in [0.2, 0.25) is 0 Å². The lowest BCUT2D eigenvalue weighted by molar-refractivity contribution is 0.0515. The van der Waals surface area contributed by atoms with Crippen LogP contribution in [0.4, 0.5) is 5.69 Å². The van der Waals surface area contributed by atoms with Gasteiger partial charge >= 0.3 is 5.97 Å². The number of nitrogens with zero attached hydrogens (tertiary/aromatic N) is 1. The maximum Gasteiger partial charge on any atom is 0.338 e. The highest BCUT2D eigenvalue weighted by Gasteiger charge is 2.09. The normalized spacial score (nSPS) is 10.2. The second-order valence-corrected chi connectivity index (χ2v) is 5.36. The number of esters is 1. The van der Waals surface area contributed by atoms with Crippen LogP contribution < -0.4 is 9.64 Å². The van der Waals surface area contributed by atoms with E-state index in [1.165, 1.54) is 0 Å². The summed E-state index contributed by atoms with van der Waals surface area (Å²) in [6.07, 6.45) is 0. The molecule has 0 heterocycles. The first-order chi connectivity index (χ1) is 11.1. The Bertz CT molecular complexity index is 643. The molecule has 0 amide bonds. The standard InChI is InChI=1S/C18H20ClNO3/c1-3-20(16-6-4-5-15(19)13-16)11-12-23-18(21)14-7-9-17(22-2)10-8-14/h4-10,13H,3,11-12H2,1-2H3. The summed E-state index contributed by atoms with van der Waals surface area (Å²) in [7, 11) is 1.59. The second kappa shape index (κ2) is 8.44. The van der Waals surface area contributed by atoms with E-state index in [1.54, 1.807) is 31.4 Å². The van der Waals surface area contributed by atoms with Crippen LogP contribution in [-0.4, -0.2) is 32.8 Å². The fraction of sp³-hybridized carbons (Fsp3) is 0.278. The molecule has 0 atom stereocenters. The smallest absolute Gasteiger partial charge is 0.338 e. The predicted octanol–water partition coefficient (Wildman–Crippen LogP) is 4.03. The molecule has 122 valence electrons. The Kier molecular flexibility index (Phi) is 6.29. The molecule has 0 aliphatic carbocycles. The van der Waals surface area contributed by atoms with E-state index >= 15 is 0 Å². The summed E-state index contributed by atoms with van der Waals surface area (Å²) in [6.45, 7) is 3.77. The van der Waals surface area contributed by atoms with Crippen LogP contribution in [0.3, 0.4) is 0 Å². The maximum absolute atomic E-state index is 12.0. The van der Waals surface area contributed by atoms with Gasteiger partial charge in [0.05, 0.1) is 19.2 Å². The average molecular weight is 334 g/mol. The molecule has 2 aromatic rings. The Morgan fingerprint density at radius 2 is 1.91 bits per heavy atom. The highest BCUT2D eigenvalue weighted by Crippen LogP contribution is 2.19. The maximum atomic E-state index is 12.0. The van der Waals surface area contributed by atoms with E-state index in [-0.39, 0.29) is 5.97 Å². The Balaban J connectivity index is 1.88. The minimum atomic E-state index is -0.338. The monoisotopic (exact) mass is 333 g/mol. The molecule has 0 aliphatic rings. The Hall–Kier alpha value is -2.20. The first-order valence-corrected chi connectivity index (χ1v) is 7.83. The van der Waals surface area contributed by atoms with Crippen molar-refractivity contribution in [2.24, 2.45) is 0 Å². The molecule has 0 saturated carbocycles. The first kappa shape index (κ1) is 17.2. The zero-order chi connectivity index (χ0) is 16.7. The van der Waals surface area contributed by atoms with E-state index in [4.69, 9.17) is 21.1 Å². The quantitative estimate of drug-likeness (QED) is 0.717. The number of rotatable bonds is 7. The summed E-state index contributed by atoms with van der Waals surface area (Å²) in [5.74, 6) is 0.370. The van der Waals surface area contributed by atoms with Crippen molar-refractivity contribution in [1.29, 1.82) is 0 Å². The van der Waals surface area contributed by atoms with E-state index in [9.17, 15) is 4.79 Å². The number of anilines is 1. The number of hydrogen-bond donors (Lipinski definition) is 0. The largest absolute Gasteiger partial charge is 0.497 e. The number of benzene rings is 2. The van der Waals surface area contributed by atoms with Crippen molar-refractivity contribution in [3.63, 3.8) is 0 Å². The van der Waals surface area contributed by atoms with Crippen molar-refractivity contribution >= 4 is 23.3 Å². The van der Waals surface area contributed by atoms with Crippen LogP contribution in [0.15, 0.2) is 48.5 Å². The summed E-state index contributed by atoms with van der Waals surface area (Å²) in [5.41, 5.74) is 1.53. The Labute approximate surface area is 141 Å². The van der Waals surface area contributed by atoms with Gasteiger partial charge < -0.3 is 14.4 Å². The van der Waals surface area contributed by atoms with Crippen LogP contribution in [0, 0.1) is 0 Å². The lowest BCUT2D eigenvalue weighted by Crippen LogP contribution is -2.28. The highest BCUT2D eigenvalue weighted by molar-refractivity contribution is 6.30. The van der Waals surface area contributed by atoms with Gasteiger partial charge in [-0.2, -0.15) is 0 Å². The van der Waals surface area contributed by atoms with E-state index in [0.29, 0.717) is 29.5 Å². The lowest BCUT2D eigenvalue weighted by atomic mass is 10.2. The SMILES string of the molecule is CCN(CCOC(=O)c1ccc(OC)cc1)c1cccc(Cl)c1. The third kappa shape index (κ3) is 4.89. The third-order valence-corrected chi connectivity index (χ3v) is 3.71. The van der Waals surface area contributed by atoms with Crippen molar-refractivity contribution in [3.05, 3.63) is 59.1 Å². The Morgan fingerprint density at radius 3 is 2.52 bits per heavy atom. The molecule has 0 aromatic heterocycles. The molecule has 5 heteroatoms. The van der Waals surface area contributed by atoms with Gasteiger partial charge in [-0.05, 0) is 49.4 Å². The molecule has 4 nitrogen and oxygen atoms in total. The summed E-state index contributed by atoms with van der Waals surface area (Å²) in [6, 6.07) is 14.5. The van der Waals surface area contributed by atoms with Crippen LogP contribution in [-0.2, 0) is 4.74 Å². The molecule has 0 N–H and O–H groups in total. The number of methoxy groups -OCH3 is 1. The number of halogens is 1. The minimum absolute atomic E-state index is 0.311. The molecule has 0 bridgehead atoms. The molecule has 0 aliphatic heterocycles. The van der Waals surface area contributed by atoms with Gasteiger partial charge in [-0.3, -0.25) is 0 Å². The molecule has 2 aromatic carbocycles. The van der Waals surface area contributed by atoms with E-state index < -0.39 is 0 Å². The number of hydrogen-bond acceptors (Lipinski definition) is 4. The van der Waals surface area contributed by atoms with Gasteiger partial charge in [0.1, 0.15) is 12.4 Å². The van der Waals surface area contributed by atoms with Crippen molar-refractivity contribution < 1.29 is 14.3 Å². The van der Waals surface area contributed by atoms with Crippen molar-refractivity contribution in [1.82, 2.24) is 0 Å².